The number of amides is 2. The lowest BCUT2D eigenvalue weighted by Gasteiger charge is -2.39. The quantitative estimate of drug-likeness (QED) is 0.839. The molecule has 1 saturated carbocycles. The van der Waals surface area contributed by atoms with Crippen LogP contribution in [0.25, 0.3) is 0 Å². The average molecular weight is 292 g/mol. The number of anilines is 1. The van der Waals surface area contributed by atoms with Gasteiger partial charge in [-0.2, -0.15) is 5.10 Å². The van der Waals surface area contributed by atoms with E-state index in [4.69, 9.17) is 4.74 Å². The fraction of sp³-hybridized carbons (Fsp3) is 0.643. The van der Waals surface area contributed by atoms with Crippen LogP contribution in [-0.4, -0.2) is 47.4 Å². The van der Waals surface area contributed by atoms with Crippen molar-refractivity contribution in [1.29, 1.82) is 0 Å². The standard InChI is InChI=1S/C14H20N4O3/c1-14(10-3-4-10)13(20)18(9-12(19)16-14)11-7-15-17(8-11)5-6-21-2/h7-8,10H,3-6,9H2,1-2H3,(H,16,19). The summed E-state index contributed by atoms with van der Waals surface area (Å²) < 4.78 is 6.72. The molecule has 2 amide bonds. The van der Waals surface area contributed by atoms with Crippen molar-refractivity contribution in [3.8, 4) is 0 Å². The van der Waals surface area contributed by atoms with Crippen molar-refractivity contribution in [2.75, 3.05) is 25.2 Å². The number of nitrogens with zero attached hydrogens (tertiary/aromatic N) is 3. The van der Waals surface area contributed by atoms with Crippen LogP contribution in [0.4, 0.5) is 5.69 Å². The lowest BCUT2D eigenvalue weighted by atomic mass is 9.91. The molecule has 2 heterocycles. The van der Waals surface area contributed by atoms with E-state index in [-0.39, 0.29) is 24.3 Å². The molecule has 0 radical (unpaired) electrons. The summed E-state index contributed by atoms with van der Waals surface area (Å²) in [5.41, 5.74) is -0.109. The van der Waals surface area contributed by atoms with Crippen LogP contribution in [0.3, 0.4) is 0 Å². The maximum Gasteiger partial charge on any atom is 0.253 e. The van der Waals surface area contributed by atoms with Gasteiger partial charge in [-0.3, -0.25) is 19.2 Å². The minimum absolute atomic E-state index is 0.0455. The summed E-state index contributed by atoms with van der Waals surface area (Å²) in [5, 5.41) is 7.08. The van der Waals surface area contributed by atoms with Gasteiger partial charge in [0, 0.05) is 13.3 Å². The zero-order chi connectivity index (χ0) is 15.0. The van der Waals surface area contributed by atoms with E-state index < -0.39 is 5.54 Å². The number of rotatable bonds is 5. The Morgan fingerprint density at radius 3 is 2.90 bits per heavy atom. The maximum atomic E-state index is 12.7. The molecule has 3 rings (SSSR count). The molecule has 1 N–H and O–H groups in total. The van der Waals surface area contributed by atoms with Gasteiger partial charge in [0.15, 0.2) is 0 Å². The average Bonchev–Trinajstić information content (AvgIpc) is 3.21. The Kier molecular flexibility index (Phi) is 3.44. The first-order valence-corrected chi connectivity index (χ1v) is 7.19. The van der Waals surface area contributed by atoms with Crippen molar-refractivity contribution in [3.63, 3.8) is 0 Å². The summed E-state index contributed by atoms with van der Waals surface area (Å²) >= 11 is 0. The maximum absolute atomic E-state index is 12.7. The van der Waals surface area contributed by atoms with E-state index in [1.165, 1.54) is 4.90 Å². The molecule has 7 heteroatoms. The number of piperazine rings is 1. The third kappa shape index (κ3) is 2.53. The van der Waals surface area contributed by atoms with Crippen molar-refractivity contribution in [1.82, 2.24) is 15.1 Å². The molecule has 1 aliphatic heterocycles. The van der Waals surface area contributed by atoms with Gasteiger partial charge < -0.3 is 10.1 Å². The van der Waals surface area contributed by atoms with Crippen molar-refractivity contribution < 1.29 is 14.3 Å². The lowest BCUT2D eigenvalue weighted by Crippen LogP contribution is -2.66. The topological polar surface area (TPSA) is 76.5 Å². The highest BCUT2D eigenvalue weighted by Crippen LogP contribution is 2.42. The van der Waals surface area contributed by atoms with Crippen LogP contribution in [0.1, 0.15) is 19.8 Å². The fourth-order valence-electron chi connectivity index (χ4n) is 2.82. The van der Waals surface area contributed by atoms with Crippen LogP contribution in [0.15, 0.2) is 12.4 Å². The summed E-state index contributed by atoms with van der Waals surface area (Å²) in [5.74, 6) is 0.0878. The van der Waals surface area contributed by atoms with E-state index in [0.29, 0.717) is 18.8 Å². The van der Waals surface area contributed by atoms with Gasteiger partial charge in [-0.1, -0.05) is 0 Å². The van der Waals surface area contributed by atoms with Gasteiger partial charge in [0.05, 0.1) is 25.0 Å². The van der Waals surface area contributed by atoms with E-state index in [9.17, 15) is 9.59 Å². The first kappa shape index (κ1) is 14.1. The molecule has 1 aliphatic carbocycles. The second kappa shape index (κ2) is 5.14. The Bertz CT molecular complexity index is 566. The van der Waals surface area contributed by atoms with Gasteiger partial charge in [0.2, 0.25) is 5.91 Å². The Hall–Kier alpha value is -1.89. The van der Waals surface area contributed by atoms with Gasteiger partial charge in [0.1, 0.15) is 12.1 Å². The molecule has 2 aliphatic rings. The number of aromatic nitrogens is 2. The minimum atomic E-state index is -0.774. The van der Waals surface area contributed by atoms with Gasteiger partial charge in [0.25, 0.3) is 5.91 Å². The molecular weight excluding hydrogens is 272 g/mol. The fourth-order valence-corrected chi connectivity index (χ4v) is 2.82. The summed E-state index contributed by atoms with van der Waals surface area (Å²) in [6.45, 7) is 3.05. The molecule has 2 fully saturated rings. The van der Waals surface area contributed by atoms with Gasteiger partial charge >= 0.3 is 0 Å². The number of hydrogen-bond acceptors (Lipinski definition) is 4. The van der Waals surface area contributed by atoms with Gasteiger partial charge in [-0.25, -0.2) is 0 Å². The molecule has 1 saturated heterocycles. The largest absolute Gasteiger partial charge is 0.383 e. The van der Waals surface area contributed by atoms with E-state index in [1.54, 1.807) is 24.2 Å². The predicted molar refractivity (Wildman–Crippen MR) is 75.7 cm³/mol. The van der Waals surface area contributed by atoms with Crippen LogP contribution < -0.4 is 10.2 Å². The monoisotopic (exact) mass is 292 g/mol. The van der Waals surface area contributed by atoms with Crippen LogP contribution in [0.5, 0.6) is 0 Å². The van der Waals surface area contributed by atoms with Crippen molar-refractivity contribution in [2.45, 2.75) is 31.8 Å². The van der Waals surface area contributed by atoms with E-state index in [1.807, 2.05) is 6.92 Å². The molecule has 0 spiro atoms. The summed E-state index contributed by atoms with van der Waals surface area (Å²) in [6, 6.07) is 0. The molecule has 1 unspecified atom stereocenters. The first-order valence-electron chi connectivity index (χ1n) is 7.19. The van der Waals surface area contributed by atoms with E-state index in [0.717, 1.165) is 12.8 Å². The zero-order valence-electron chi connectivity index (χ0n) is 12.3. The molecule has 1 atom stereocenters. The highest BCUT2D eigenvalue weighted by atomic mass is 16.5. The van der Waals surface area contributed by atoms with Gasteiger partial charge in [-0.15, -0.1) is 0 Å². The number of carbonyl (C=O) groups is 2. The second-order valence-corrected chi connectivity index (χ2v) is 5.87. The Morgan fingerprint density at radius 2 is 2.24 bits per heavy atom. The molecule has 0 aromatic carbocycles. The Morgan fingerprint density at radius 1 is 1.48 bits per heavy atom. The van der Waals surface area contributed by atoms with E-state index >= 15 is 0 Å². The molecule has 1 aromatic heterocycles. The summed E-state index contributed by atoms with van der Waals surface area (Å²) in [6.07, 6.45) is 5.38. The Labute approximate surface area is 123 Å². The molecule has 0 bridgehead atoms. The number of carbonyl (C=O) groups excluding carboxylic acids is 2. The zero-order valence-corrected chi connectivity index (χ0v) is 12.3. The predicted octanol–water partition coefficient (Wildman–Crippen LogP) is 0.161. The van der Waals surface area contributed by atoms with Crippen molar-refractivity contribution >= 4 is 17.5 Å². The highest BCUT2D eigenvalue weighted by Gasteiger charge is 2.52. The second-order valence-electron chi connectivity index (χ2n) is 5.87. The third-order valence-electron chi connectivity index (χ3n) is 4.24. The normalized spacial score (nSPS) is 26.1. The van der Waals surface area contributed by atoms with Crippen LogP contribution in [-0.2, 0) is 20.9 Å². The van der Waals surface area contributed by atoms with Crippen molar-refractivity contribution in [3.05, 3.63) is 12.4 Å². The van der Waals surface area contributed by atoms with Gasteiger partial charge in [-0.05, 0) is 25.7 Å². The van der Waals surface area contributed by atoms with Crippen molar-refractivity contribution in [2.24, 2.45) is 5.92 Å². The lowest BCUT2D eigenvalue weighted by molar-refractivity contribution is -0.136. The summed E-state index contributed by atoms with van der Waals surface area (Å²) in [7, 11) is 1.63. The van der Waals surface area contributed by atoms with Crippen LogP contribution in [0, 0.1) is 5.92 Å². The number of ether oxygens (including phenoxy) is 1. The highest BCUT2D eigenvalue weighted by molar-refractivity contribution is 6.09. The number of nitrogens with one attached hydrogen (secondary N) is 1. The molecule has 21 heavy (non-hydrogen) atoms. The third-order valence-corrected chi connectivity index (χ3v) is 4.24. The molecular formula is C14H20N4O3. The summed E-state index contributed by atoms with van der Waals surface area (Å²) in [4.78, 5) is 26.2. The molecule has 114 valence electrons. The number of hydrogen-bond donors (Lipinski definition) is 1. The first-order chi connectivity index (χ1) is 10.0. The minimum Gasteiger partial charge on any atom is -0.383 e. The number of methoxy groups -OCH3 is 1. The Balaban J connectivity index is 1.81. The molecule has 7 nitrogen and oxygen atoms in total. The molecule has 1 aromatic rings. The van der Waals surface area contributed by atoms with Crippen LogP contribution in [0.2, 0.25) is 0 Å². The van der Waals surface area contributed by atoms with E-state index in [2.05, 4.69) is 10.4 Å². The smallest absolute Gasteiger partial charge is 0.253 e. The van der Waals surface area contributed by atoms with Crippen LogP contribution >= 0.6 is 0 Å². The SMILES string of the molecule is COCCn1cc(N2CC(=O)NC(C)(C3CC3)C2=O)cn1.